The standard InChI is InChI=1S/C14H17ClF3NO/c1-19(9-4-2-3-8-15)13(20)11-6-5-7-12(10-11)14(16,17)18/h5-7,10H,2-4,8-9H2,1H3. The molecule has 0 aliphatic carbocycles. The molecule has 6 heteroatoms. The number of rotatable bonds is 6. The van der Waals surface area contributed by atoms with Gasteiger partial charge < -0.3 is 4.90 Å². The van der Waals surface area contributed by atoms with Crippen LogP contribution in [0.25, 0.3) is 0 Å². The molecule has 0 N–H and O–H groups in total. The number of nitrogens with zero attached hydrogens (tertiary/aromatic N) is 1. The number of alkyl halides is 4. The number of carbonyl (C=O) groups excluding carboxylic acids is 1. The van der Waals surface area contributed by atoms with Crippen LogP contribution in [0, 0.1) is 0 Å². The van der Waals surface area contributed by atoms with Crippen LogP contribution in [0.2, 0.25) is 0 Å². The van der Waals surface area contributed by atoms with Gasteiger partial charge in [-0.25, -0.2) is 0 Å². The molecule has 1 amide bonds. The first-order chi connectivity index (χ1) is 9.36. The molecule has 1 aromatic rings. The molecule has 0 bridgehead atoms. The molecule has 2 nitrogen and oxygen atoms in total. The summed E-state index contributed by atoms with van der Waals surface area (Å²) in [5, 5.41) is 0. The molecule has 0 aliphatic heterocycles. The molecular formula is C14H17ClF3NO. The Hall–Kier alpha value is -1.23. The average Bonchev–Trinajstić information content (AvgIpc) is 2.42. The Bertz CT molecular complexity index is 448. The molecular weight excluding hydrogens is 291 g/mol. The summed E-state index contributed by atoms with van der Waals surface area (Å²) in [4.78, 5) is 13.5. The lowest BCUT2D eigenvalue weighted by Gasteiger charge is -2.17. The van der Waals surface area contributed by atoms with E-state index >= 15 is 0 Å². The molecule has 1 rings (SSSR count). The molecule has 0 heterocycles. The van der Waals surface area contributed by atoms with E-state index in [1.165, 1.54) is 17.0 Å². The maximum Gasteiger partial charge on any atom is 0.416 e. The Balaban J connectivity index is 2.67. The zero-order chi connectivity index (χ0) is 15.2. The van der Waals surface area contributed by atoms with Crippen molar-refractivity contribution in [2.75, 3.05) is 19.5 Å². The van der Waals surface area contributed by atoms with Crippen LogP contribution in [0.4, 0.5) is 13.2 Å². The molecule has 0 spiro atoms. The van der Waals surface area contributed by atoms with Gasteiger partial charge in [-0.2, -0.15) is 13.2 Å². The third-order valence-electron chi connectivity index (χ3n) is 2.91. The van der Waals surface area contributed by atoms with Gasteiger partial charge in [-0.15, -0.1) is 11.6 Å². The van der Waals surface area contributed by atoms with Gasteiger partial charge in [0.2, 0.25) is 0 Å². The first-order valence-corrected chi connectivity index (χ1v) is 6.88. The molecule has 0 saturated carbocycles. The highest BCUT2D eigenvalue weighted by Crippen LogP contribution is 2.29. The molecule has 1 aromatic carbocycles. The summed E-state index contributed by atoms with van der Waals surface area (Å²) in [5.41, 5.74) is -0.751. The second-order valence-corrected chi connectivity index (χ2v) is 4.93. The molecule has 0 atom stereocenters. The highest BCUT2D eigenvalue weighted by Gasteiger charge is 2.31. The molecule has 0 aromatic heterocycles. The molecule has 112 valence electrons. The molecule has 0 unspecified atom stereocenters. The van der Waals surface area contributed by atoms with E-state index in [1.54, 1.807) is 7.05 Å². The van der Waals surface area contributed by atoms with Crippen LogP contribution in [0.3, 0.4) is 0 Å². The van der Waals surface area contributed by atoms with E-state index in [-0.39, 0.29) is 5.56 Å². The van der Waals surface area contributed by atoms with Gasteiger partial charge in [-0.3, -0.25) is 4.79 Å². The summed E-state index contributed by atoms with van der Waals surface area (Å²) in [6.45, 7) is 0.506. The Morgan fingerprint density at radius 3 is 2.55 bits per heavy atom. The fourth-order valence-electron chi connectivity index (χ4n) is 1.77. The maximum absolute atomic E-state index is 12.6. The quantitative estimate of drug-likeness (QED) is 0.570. The van der Waals surface area contributed by atoms with Crippen LogP contribution in [0.15, 0.2) is 24.3 Å². The Kier molecular flexibility index (Phi) is 6.33. The van der Waals surface area contributed by atoms with Crippen LogP contribution < -0.4 is 0 Å². The summed E-state index contributed by atoms with van der Waals surface area (Å²) in [5.74, 6) is 0.174. The fraction of sp³-hybridized carbons (Fsp3) is 0.500. The summed E-state index contributed by atoms with van der Waals surface area (Å²) in [7, 11) is 1.59. The van der Waals surface area contributed by atoms with Crippen LogP contribution in [-0.2, 0) is 6.18 Å². The van der Waals surface area contributed by atoms with Crippen LogP contribution in [0.1, 0.15) is 35.2 Å². The van der Waals surface area contributed by atoms with E-state index in [2.05, 4.69) is 0 Å². The molecule has 0 saturated heterocycles. The highest BCUT2D eigenvalue weighted by molar-refractivity contribution is 6.17. The second kappa shape index (κ2) is 7.53. The van der Waals surface area contributed by atoms with Crippen molar-refractivity contribution in [3.8, 4) is 0 Å². The number of unbranched alkanes of at least 4 members (excludes halogenated alkanes) is 2. The summed E-state index contributed by atoms with van der Waals surface area (Å²) in [6, 6.07) is 4.49. The fourth-order valence-corrected chi connectivity index (χ4v) is 1.96. The normalized spacial score (nSPS) is 11.4. The third kappa shape index (κ3) is 5.04. The van der Waals surface area contributed by atoms with Crippen LogP contribution in [0.5, 0.6) is 0 Å². The number of amides is 1. The van der Waals surface area contributed by atoms with Gasteiger partial charge in [0.15, 0.2) is 0 Å². The topological polar surface area (TPSA) is 20.3 Å². The van der Waals surface area contributed by atoms with Crippen molar-refractivity contribution in [2.24, 2.45) is 0 Å². The predicted molar refractivity (Wildman–Crippen MR) is 73.0 cm³/mol. The van der Waals surface area contributed by atoms with Crippen molar-refractivity contribution < 1.29 is 18.0 Å². The van der Waals surface area contributed by atoms with Gasteiger partial charge in [0, 0.05) is 25.0 Å². The second-order valence-electron chi connectivity index (χ2n) is 4.55. The van der Waals surface area contributed by atoms with E-state index in [1.807, 2.05) is 0 Å². The highest BCUT2D eigenvalue weighted by atomic mass is 35.5. The van der Waals surface area contributed by atoms with E-state index in [9.17, 15) is 18.0 Å². The summed E-state index contributed by atoms with van der Waals surface area (Å²) in [6.07, 6.45) is -1.89. The van der Waals surface area contributed by atoms with E-state index < -0.39 is 17.6 Å². The van der Waals surface area contributed by atoms with Gasteiger partial charge in [-0.1, -0.05) is 12.5 Å². The van der Waals surface area contributed by atoms with E-state index in [0.717, 1.165) is 31.4 Å². The maximum atomic E-state index is 12.6. The van der Waals surface area contributed by atoms with Crippen LogP contribution >= 0.6 is 11.6 Å². The van der Waals surface area contributed by atoms with Crippen LogP contribution in [-0.4, -0.2) is 30.3 Å². The van der Waals surface area contributed by atoms with E-state index in [4.69, 9.17) is 11.6 Å². The number of benzene rings is 1. The number of hydrogen-bond acceptors (Lipinski definition) is 1. The zero-order valence-corrected chi connectivity index (χ0v) is 12.0. The van der Waals surface area contributed by atoms with Crippen molar-refractivity contribution in [3.63, 3.8) is 0 Å². The van der Waals surface area contributed by atoms with Gasteiger partial charge in [-0.05, 0) is 31.0 Å². The first kappa shape index (κ1) is 16.8. The SMILES string of the molecule is CN(CCCCCCl)C(=O)c1cccc(C(F)(F)F)c1. The largest absolute Gasteiger partial charge is 0.416 e. The smallest absolute Gasteiger partial charge is 0.342 e. The number of carbonyl (C=O) groups is 1. The molecule has 0 aliphatic rings. The van der Waals surface area contributed by atoms with Crippen molar-refractivity contribution in [1.82, 2.24) is 4.90 Å². The number of halogens is 4. The minimum absolute atomic E-state index is 0.0552. The molecule has 20 heavy (non-hydrogen) atoms. The van der Waals surface area contributed by atoms with E-state index in [0.29, 0.717) is 12.4 Å². The molecule has 0 radical (unpaired) electrons. The van der Waals surface area contributed by atoms with Gasteiger partial charge in [0.25, 0.3) is 5.91 Å². The van der Waals surface area contributed by atoms with Gasteiger partial charge in [0.05, 0.1) is 5.56 Å². The summed E-state index contributed by atoms with van der Waals surface area (Å²) >= 11 is 5.55. The van der Waals surface area contributed by atoms with Gasteiger partial charge >= 0.3 is 6.18 Å². The van der Waals surface area contributed by atoms with Crippen molar-refractivity contribution in [2.45, 2.75) is 25.4 Å². The number of hydrogen-bond donors (Lipinski definition) is 0. The Morgan fingerprint density at radius 1 is 1.25 bits per heavy atom. The Labute approximate surface area is 121 Å². The first-order valence-electron chi connectivity index (χ1n) is 6.35. The van der Waals surface area contributed by atoms with Gasteiger partial charge in [0.1, 0.15) is 0 Å². The van der Waals surface area contributed by atoms with Crippen molar-refractivity contribution >= 4 is 17.5 Å². The Morgan fingerprint density at radius 2 is 1.95 bits per heavy atom. The minimum atomic E-state index is -4.44. The van der Waals surface area contributed by atoms with Crippen molar-refractivity contribution in [1.29, 1.82) is 0 Å². The average molecular weight is 308 g/mol. The monoisotopic (exact) mass is 307 g/mol. The molecule has 0 fully saturated rings. The minimum Gasteiger partial charge on any atom is -0.342 e. The lowest BCUT2D eigenvalue weighted by molar-refractivity contribution is -0.137. The zero-order valence-electron chi connectivity index (χ0n) is 11.2. The lowest BCUT2D eigenvalue weighted by Crippen LogP contribution is -2.28. The van der Waals surface area contributed by atoms with Crippen molar-refractivity contribution in [3.05, 3.63) is 35.4 Å². The summed E-state index contributed by atoms with van der Waals surface area (Å²) < 4.78 is 37.7. The predicted octanol–water partition coefficient (Wildman–Crippen LogP) is 4.19. The lowest BCUT2D eigenvalue weighted by atomic mass is 10.1. The third-order valence-corrected chi connectivity index (χ3v) is 3.18.